The van der Waals surface area contributed by atoms with Crippen LogP contribution in [0.25, 0.3) is 0 Å². The third-order valence-corrected chi connectivity index (χ3v) is 5.99. The molecule has 0 aliphatic rings. The lowest BCUT2D eigenvalue weighted by atomic mass is 10.3. The standard InChI is InChI=1S/C16H20F2N4OS3/c1-3-4-9-19-15-21-22-16(26-15)24-10(2)13(23)20-11-5-7-12(8-6-11)25-14(17)18/h5-8,10,14H,3-4,9H2,1-2H3,(H,19,21)(H,20,23)/t10-/m1/s1. The second-order valence-corrected chi connectivity index (χ2v) is 8.93. The summed E-state index contributed by atoms with van der Waals surface area (Å²) in [5, 5.41) is 14.5. The van der Waals surface area contributed by atoms with Crippen LogP contribution in [0.4, 0.5) is 19.6 Å². The van der Waals surface area contributed by atoms with Crippen molar-refractivity contribution in [3.63, 3.8) is 0 Å². The number of hydrogen-bond donors (Lipinski definition) is 2. The zero-order valence-corrected chi connectivity index (χ0v) is 16.8. The van der Waals surface area contributed by atoms with Crippen LogP contribution in [-0.2, 0) is 4.79 Å². The smallest absolute Gasteiger partial charge is 0.288 e. The summed E-state index contributed by atoms with van der Waals surface area (Å²) in [5.41, 5.74) is 0.570. The molecule has 1 atom stereocenters. The minimum Gasteiger partial charge on any atom is -0.360 e. The Labute approximate surface area is 163 Å². The third-order valence-electron chi connectivity index (χ3n) is 3.21. The fraction of sp³-hybridized carbons (Fsp3) is 0.438. The highest BCUT2D eigenvalue weighted by Crippen LogP contribution is 2.30. The van der Waals surface area contributed by atoms with Crippen molar-refractivity contribution in [2.75, 3.05) is 17.2 Å². The average Bonchev–Trinajstić information content (AvgIpc) is 3.03. The Kier molecular flexibility index (Phi) is 8.60. The number of carbonyl (C=O) groups excluding carboxylic acids is 1. The second kappa shape index (κ2) is 10.7. The number of aromatic nitrogens is 2. The first-order valence-corrected chi connectivity index (χ1v) is 10.6. The summed E-state index contributed by atoms with van der Waals surface area (Å²) in [6.07, 6.45) is 2.17. The second-order valence-electron chi connectivity index (χ2n) is 5.31. The fourth-order valence-corrected chi connectivity index (χ4v) is 4.29. The molecule has 5 nitrogen and oxygen atoms in total. The maximum Gasteiger partial charge on any atom is 0.288 e. The molecule has 0 saturated carbocycles. The highest BCUT2D eigenvalue weighted by molar-refractivity contribution is 8.02. The van der Waals surface area contributed by atoms with Gasteiger partial charge >= 0.3 is 0 Å². The third kappa shape index (κ3) is 7.08. The van der Waals surface area contributed by atoms with Crippen molar-refractivity contribution >= 4 is 51.6 Å². The van der Waals surface area contributed by atoms with Crippen molar-refractivity contribution in [2.45, 2.75) is 46.9 Å². The number of anilines is 2. The lowest BCUT2D eigenvalue weighted by Crippen LogP contribution is -2.22. The number of nitrogens with one attached hydrogen (secondary N) is 2. The molecule has 0 aliphatic carbocycles. The van der Waals surface area contributed by atoms with Crippen molar-refractivity contribution in [3.05, 3.63) is 24.3 Å². The predicted molar refractivity (Wildman–Crippen MR) is 106 cm³/mol. The van der Waals surface area contributed by atoms with Crippen LogP contribution in [-0.4, -0.2) is 33.7 Å². The van der Waals surface area contributed by atoms with Gasteiger partial charge in [-0.25, -0.2) is 0 Å². The highest BCUT2D eigenvalue weighted by atomic mass is 32.2. The van der Waals surface area contributed by atoms with Crippen LogP contribution in [0, 0.1) is 0 Å². The van der Waals surface area contributed by atoms with E-state index in [4.69, 9.17) is 0 Å². The molecule has 0 radical (unpaired) electrons. The Bertz CT molecular complexity index is 697. The summed E-state index contributed by atoms with van der Waals surface area (Å²) in [4.78, 5) is 12.7. The van der Waals surface area contributed by atoms with Crippen LogP contribution < -0.4 is 10.6 Å². The number of thioether (sulfide) groups is 2. The summed E-state index contributed by atoms with van der Waals surface area (Å²) < 4.78 is 25.3. The number of hydrogen-bond acceptors (Lipinski definition) is 7. The Morgan fingerprint density at radius 2 is 1.96 bits per heavy atom. The lowest BCUT2D eigenvalue weighted by molar-refractivity contribution is -0.115. The molecule has 0 unspecified atom stereocenters. The minimum absolute atomic E-state index is 0.181. The molecule has 0 aliphatic heterocycles. The summed E-state index contributed by atoms with van der Waals surface area (Å²) in [7, 11) is 0. The molecule has 26 heavy (non-hydrogen) atoms. The minimum atomic E-state index is -2.46. The van der Waals surface area contributed by atoms with Gasteiger partial charge < -0.3 is 10.6 Å². The Balaban J connectivity index is 1.83. The Hall–Kier alpha value is -1.39. The molecular formula is C16H20F2N4OS3. The first kappa shape index (κ1) is 20.9. The zero-order valence-electron chi connectivity index (χ0n) is 14.4. The zero-order chi connectivity index (χ0) is 18.9. The number of nitrogens with zero attached hydrogens (tertiary/aromatic N) is 2. The topological polar surface area (TPSA) is 66.9 Å². The molecule has 2 N–H and O–H groups in total. The SMILES string of the molecule is CCCCNc1nnc(S[C@H](C)C(=O)Nc2ccc(SC(F)F)cc2)s1. The van der Waals surface area contributed by atoms with Crippen molar-refractivity contribution in [2.24, 2.45) is 0 Å². The van der Waals surface area contributed by atoms with Gasteiger partial charge in [-0.1, -0.05) is 48.2 Å². The first-order valence-electron chi connectivity index (χ1n) is 8.07. The normalized spacial score (nSPS) is 12.2. The van der Waals surface area contributed by atoms with Gasteiger partial charge in [0.05, 0.1) is 5.25 Å². The van der Waals surface area contributed by atoms with Crippen LogP contribution in [0.2, 0.25) is 0 Å². The summed E-state index contributed by atoms with van der Waals surface area (Å²) in [6, 6.07) is 6.34. The molecule has 2 aromatic rings. The van der Waals surface area contributed by atoms with E-state index >= 15 is 0 Å². The maximum atomic E-state index is 12.3. The number of benzene rings is 1. The van der Waals surface area contributed by atoms with Crippen LogP contribution in [0.3, 0.4) is 0 Å². The summed E-state index contributed by atoms with van der Waals surface area (Å²) in [5.74, 6) is -2.64. The molecule has 10 heteroatoms. The monoisotopic (exact) mass is 418 g/mol. The molecule has 1 aromatic heterocycles. The van der Waals surface area contributed by atoms with Gasteiger partial charge in [-0.2, -0.15) is 8.78 Å². The average molecular weight is 419 g/mol. The van der Waals surface area contributed by atoms with Gasteiger partial charge in [0.25, 0.3) is 5.76 Å². The maximum absolute atomic E-state index is 12.3. The number of unbranched alkanes of at least 4 members (excludes halogenated alkanes) is 1. The van der Waals surface area contributed by atoms with Crippen LogP contribution in [0.5, 0.6) is 0 Å². The van der Waals surface area contributed by atoms with E-state index in [0.29, 0.717) is 22.3 Å². The van der Waals surface area contributed by atoms with Crippen molar-refractivity contribution in [1.29, 1.82) is 0 Å². The molecule has 142 valence electrons. The quantitative estimate of drug-likeness (QED) is 0.409. The molecule has 0 bridgehead atoms. The molecule has 1 amide bonds. The number of alkyl halides is 2. The van der Waals surface area contributed by atoms with Gasteiger partial charge in [-0.05, 0) is 37.6 Å². The van der Waals surface area contributed by atoms with Crippen LogP contribution in [0.1, 0.15) is 26.7 Å². The lowest BCUT2D eigenvalue weighted by Gasteiger charge is -2.10. The van der Waals surface area contributed by atoms with E-state index in [1.807, 2.05) is 0 Å². The van der Waals surface area contributed by atoms with Gasteiger partial charge in [0.1, 0.15) is 0 Å². The number of amides is 1. The Morgan fingerprint density at radius 1 is 1.23 bits per heavy atom. The van der Waals surface area contributed by atoms with Crippen LogP contribution in [0.15, 0.2) is 33.5 Å². The van der Waals surface area contributed by atoms with E-state index in [1.165, 1.54) is 23.1 Å². The summed E-state index contributed by atoms with van der Waals surface area (Å²) >= 11 is 3.22. The van der Waals surface area contributed by atoms with Crippen LogP contribution >= 0.6 is 34.9 Å². The van der Waals surface area contributed by atoms with Gasteiger partial charge in [-0.15, -0.1) is 10.2 Å². The fourth-order valence-electron chi connectivity index (χ4n) is 1.87. The summed E-state index contributed by atoms with van der Waals surface area (Å²) in [6.45, 7) is 4.76. The number of carbonyl (C=O) groups is 1. The molecule has 1 heterocycles. The van der Waals surface area contributed by atoms with E-state index < -0.39 is 5.76 Å². The van der Waals surface area contributed by atoms with Gasteiger partial charge in [0.2, 0.25) is 11.0 Å². The van der Waals surface area contributed by atoms with Gasteiger partial charge in [0.15, 0.2) is 4.34 Å². The van der Waals surface area contributed by atoms with E-state index in [9.17, 15) is 13.6 Å². The molecule has 1 aromatic carbocycles. The van der Waals surface area contributed by atoms with Crippen molar-refractivity contribution in [3.8, 4) is 0 Å². The number of rotatable bonds is 10. The highest BCUT2D eigenvalue weighted by Gasteiger charge is 2.17. The van der Waals surface area contributed by atoms with Gasteiger partial charge in [-0.3, -0.25) is 4.79 Å². The first-order chi connectivity index (χ1) is 12.5. The number of halogens is 2. The van der Waals surface area contributed by atoms with Crippen molar-refractivity contribution < 1.29 is 13.6 Å². The predicted octanol–water partition coefficient (Wildman–Crippen LogP) is 5.18. The molecule has 2 rings (SSSR count). The molecular weight excluding hydrogens is 398 g/mol. The van der Waals surface area contributed by atoms with E-state index in [-0.39, 0.29) is 11.2 Å². The Morgan fingerprint density at radius 3 is 2.62 bits per heavy atom. The van der Waals surface area contributed by atoms with E-state index in [2.05, 4.69) is 27.8 Å². The van der Waals surface area contributed by atoms with E-state index in [0.717, 1.165) is 28.9 Å². The molecule has 0 fully saturated rings. The largest absolute Gasteiger partial charge is 0.360 e. The molecule has 0 spiro atoms. The van der Waals surface area contributed by atoms with Crippen molar-refractivity contribution in [1.82, 2.24) is 10.2 Å². The van der Waals surface area contributed by atoms with Gasteiger partial charge in [0, 0.05) is 17.1 Å². The molecule has 0 saturated heterocycles. The van der Waals surface area contributed by atoms with E-state index in [1.54, 1.807) is 31.2 Å².